The molecule has 0 heterocycles. The Morgan fingerprint density at radius 2 is 0.632 bits per heavy atom. The molecule has 0 rings (SSSR count). The molecule has 0 atom stereocenters. The van der Waals surface area contributed by atoms with Crippen LogP contribution in [-0.4, -0.2) is 70.0 Å². The van der Waals surface area contributed by atoms with E-state index in [1.54, 1.807) is 0 Å². The van der Waals surface area contributed by atoms with Crippen molar-refractivity contribution in [2.45, 2.75) is 73.6 Å². The summed E-state index contributed by atoms with van der Waals surface area (Å²) in [5.41, 5.74) is -4.55. The molecular formula is C16H10F18O4. The zero-order chi connectivity index (χ0) is 31.1. The maximum Gasteiger partial charge on any atom is 0.460 e. The quantitative estimate of drug-likeness (QED) is 0.186. The third-order valence-corrected chi connectivity index (χ3v) is 4.68. The van der Waals surface area contributed by atoms with Gasteiger partial charge in [-0.05, 0) is 12.8 Å². The van der Waals surface area contributed by atoms with Gasteiger partial charge in [0.15, 0.2) is 0 Å². The Bertz CT molecular complexity index is 854. The average Bonchev–Trinajstić information content (AvgIpc) is 2.67. The highest BCUT2D eigenvalue weighted by atomic mass is 19.4. The molecule has 0 aromatic carbocycles. The topological polar surface area (TPSA) is 74.6 Å². The van der Waals surface area contributed by atoms with Crippen molar-refractivity contribution >= 4 is 11.9 Å². The molecule has 0 amide bonds. The third kappa shape index (κ3) is 6.18. The van der Waals surface area contributed by atoms with Crippen LogP contribution in [0.1, 0.15) is 25.7 Å². The lowest BCUT2D eigenvalue weighted by Gasteiger charge is -2.34. The number of carbonyl (C=O) groups is 2. The van der Waals surface area contributed by atoms with Gasteiger partial charge in [-0.1, -0.05) is 0 Å². The van der Waals surface area contributed by atoms with E-state index in [1.165, 1.54) is 0 Å². The highest BCUT2D eigenvalue weighted by molar-refractivity contribution is 5.98. The van der Waals surface area contributed by atoms with Crippen LogP contribution >= 0.6 is 0 Å². The monoisotopic (exact) mass is 608 g/mol. The van der Waals surface area contributed by atoms with Gasteiger partial charge < -0.3 is 10.2 Å². The Morgan fingerprint density at radius 3 is 0.789 bits per heavy atom. The van der Waals surface area contributed by atoms with E-state index < -0.39 is 96.7 Å². The zero-order valence-electron chi connectivity index (χ0n) is 17.3. The summed E-state index contributed by atoms with van der Waals surface area (Å²) in [5.74, 6) is -48.3. The zero-order valence-corrected chi connectivity index (χ0v) is 17.3. The smallest absolute Gasteiger partial charge is 0.460 e. The number of carboxylic acids is 2. The standard InChI is InChI=1S/C16H10F18O4/c17-9(18,11(21,22)13(25,26)15(29,30)31)3-1-5(7(35)36)6(8(37)38)2-4-10(19,20)12(23,24)14(27,28)16(32,33)34/h1-4H2,(H,35,36)(H,37,38). The lowest BCUT2D eigenvalue weighted by atomic mass is 9.91. The number of aliphatic carboxylic acids is 2. The summed E-state index contributed by atoms with van der Waals surface area (Å²) in [6, 6.07) is 0. The normalized spacial score (nSPS) is 15.8. The lowest BCUT2D eigenvalue weighted by Crippen LogP contribution is -2.60. The second kappa shape index (κ2) is 10.2. The molecule has 22 heteroatoms. The number of hydrogen-bond donors (Lipinski definition) is 2. The summed E-state index contributed by atoms with van der Waals surface area (Å²) in [7, 11) is 0. The SMILES string of the molecule is O=C(O)C(CCC(F)(F)C(F)(F)C(F)(F)C(F)(F)F)=C(CCC(F)(F)C(F)(F)C(F)(F)C(F)(F)F)C(=O)O. The van der Waals surface area contributed by atoms with Gasteiger partial charge in [-0.25, -0.2) is 9.59 Å². The molecule has 0 unspecified atom stereocenters. The van der Waals surface area contributed by atoms with Crippen LogP contribution in [0.15, 0.2) is 11.1 Å². The summed E-state index contributed by atoms with van der Waals surface area (Å²) in [4.78, 5) is 22.2. The molecule has 0 aliphatic rings. The van der Waals surface area contributed by atoms with Crippen molar-refractivity contribution < 1.29 is 98.8 Å². The summed E-state index contributed by atoms with van der Waals surface area (Å²) < 4.78 is 231. The van der Waals surface area contributed by atoms with Crippen LogP contribution in [0, 0.1) is 0 Å². The third-order valence-electron chi connectivity index (χ3n) is 4.68. The molecule has 0 aromatic rings. The molecule has 0 aromatic heterocycles. The van der Waals surface area contributed by atoms with E-state index in [-0.39, 0.29) is 0 Å². The van der Waals surface area contributed by atoms with E-state index in [0.29, 0.717) is 0 Å². The Morgan fingerprint density at radius 1 is 0.421 bits per heavy atom. The van der Waals surface area contributed by atoms with Crippen molar-refractivity contribution in [3.05, 3.63) is 11.1 Å². The first-order valence-electron chi connectivity index (χ1n) is 8.92. The molecule has 0 aliphatic heterocycles. The predicted molar refractivity (Wildman–Crippen MR) is 82.6 cm³/mol. The number of alkyl halides is 18. The minimum absolute atomic E-state index is 2.27. The number of halogens is 18. The molecule has 38 heavy (non-hydrogen) atoms. The number of hydrogen-bond acceptors (Lipinski definition) is 2. The highest BCUT2D eigenvalue weighted by Gasteiger charge is 2.82. The van der Waals surface area contributed by atoms with Crippen LogP contribution in [0.3, 0.4) is 0 Å². The van der Waals surface area contributed by atoms with Crippen LogP contribution in [0.25, 0.3) is 0 Å². The van der Waals surface area contributed by atoms with Gasteiger partial charge in [0.05, 0.1) is 0 Å². The second-order valence-corrected chi connectivity index (χ2v) is 7.27. The second-order valence-electron chi connectivity index (χ2n) is 7.27. The maximum absolute atomic E-state index is 13.6. The van der Waals surface area contributed by atoms with Crippen molar-refractivity contribution in [1.29, 1.82) is 0 Å². The summed E-state index contributed by atoms with van der Waals surface area (Å²) in [6.45, 7) is 0. The van der Waals surface area contributed by atoms with Gasteiger partial charge in [-0.3, -0.25) is 0 Å². The predicted octanol–water partition coefficient (Wildman–Crippen LogP) is 6.95. The van der Waals surface area contributed by atoms with Crippen molar-refractivity contribution in [3.63, 3.8) is 0 Å². The Balaban J connectivity index is 6.35. The number of carboxylic acid groups (broad SMARTS) is 2. The molecule has 0 fully saturated rings. The highest BCUT2D eigenvalue weighted by Crippen LogP contribution is 2.56. The fourth-order valence-electron chi connectivity index (χ4n) is 2.47. The molecule has 0 saturated heterocycles. The van der Waals surface area contributed by atoms with E-state index in [9.17, 15) is 88.6 Å². The van der Waals surface area contributed by atoms with Gasteiger partial charge >= 0.3 is 59.8 Å². The van der Waals surface area contributed by atoms with Gasteiger partial charge in [-0.2, -0.15) is 79.0 Å². The van der Waals surface area contributed by atoms with Crippen LogP contribution in [0.5, 0.6) is 0 Å². The van der Waals surface area contributed by atoms with Crippen LogP contribution < -0.4 is 0 Å². The molecule has 4 nitrogen and oxygen atoms in total. The molecule has 0 radical (unpaired) electrons. The molecule has 2 N–H and O–H groups in total. The fraction of sp³-hybridized carbons (Fsp3) is 0.750. The van der Waals surface area contributed by atoms with Gasteiger partial charge in [0.2, 0.25) is 0 Å². The first-order valence-corrected chi connectivity index (χ1v) is 8.92. The fourth-order valence-corrected chi connectivity index (χ4v) is 2.47. The van der Waals surface area contributed by atoms with Gasteiger partial charge in [0.1, 0.15) is 0 Å². The minimum atomic E-state index is -7.47. The largest absolute Gasteiger partial charge is 0.478 e. The Kier molecular flexibility index (Phi) is 9.50. The molecule has 0 bridgehead atoms. The maximum atomic E-state index is 13.6. The molecular weight excluding hydrogens is 598 g/mol. The number of rotatable bonds is 12. The van der Waals surface area contributed by atoms with Crippen molar-refractivity contribution in [3.8, 4) is 0 Å². The van der Waals surface area contributed by atoms with Crippen LogP contribution in [0.2, 0.25) is 0 Å². The molecule has 0 saturated carbocycles. The first-order chi connectivity index (χ1) is 16.3. The Labute approximate surface area is 196 Å². The van der Waals surface area contributed by atoms with Crippen LogP contribution in [0.4, 0.5) is 79.0 Å². The molecule has 0 spiro atoms. The van der Waals surface area contributed by atoms with E-state index >= 15 is 0 Å². The van der Waals surface area contributed by atoms with E-state index in [0.717, 1.165) is 0 Å². The first kappa shape index (κ1) is 35.4. The van der Waals surface area contributed by atoms with E-state index in [2.05, 4.69) is 0 Å². The molecule has 0 aliphatic carbocycles. The minimum Gasteiger partial charge on any atom is -0.478 e. The van der Waals surface area contributed by atoms with Crippen molar-refractivity contribution in [2.75, 3.05) is 0 Å². The van der Waals surface area contributed by atoms with Crippen LogP contribution in [-0.2, 0) is 9.59 Å². The van der Waals surface area contributed by atoms with E-state index in [4.69, 9.17) is 10.2 Å². The van der Waals surface area contributed by atoms with Crippen molar-refractivity contribution in [1.82, 2.24) is 0 Å². The van der Waals surface area contributed by atoms with Crippen molar-refractivity contribution in [2.24, 2.45) is 0 Å². The van der Waals surface area contributed by atoms with Gasteiger partial charge in [-0.15, -0.1) is 0 Å². The molecule has 224 valence electrons. The van der Waals surface area contributed by atoms with Gasteiger partial charge in [0, 0.05) is 24.0 Å². The van der Waals surface area contributed by atoms with E-state index in [1.807, 2.05) is 0 Å². The average molecular weight is 608 g/mol. The van der Waals surface area contributed by atoms with Gasteiger partial charge in [0.25, 0.3) is 0 Å². The summed E-state index contributed by atoms with van der Waals surface area (Å²) >= 11 is 0. The summed E-state index contributed by atoms with van der Waals surface area (Å²) in [6.07, 6.45) is -25.7. The summed E-state index contributed by atoms with van der Waals surface area (Å²) in [5, 5.41) is 17.6. The lowest BCUT2D eigenvalue weighted by molar-refractivity contribution is -0.396. The Hall–Kier alpha value is -2.58.